The number of anilines is 1. The summed E-state index contributed by atoms with van der Waals surface area (Å²) in [5.41, 5.74) is -0.965. The number of aliphatic imine (C=N–C) groups is 1. The molecule has 0 bridgehead atoms. The minimum Gasteiger partial charge on any atom is -0.356 e. The summed E-state index contributed by atoms with van der Waals surface area (Å²) in [7, 11) is 1.67. The first-order valence-electron chi connectivity index (χ1n) is 9.49. The van der Waals surface area contributed by atoms with Crippen molar-refractivity contribution in [2.75, 3.05) is 38.5 Å². The summed E-state index contributed by atoms with van der Waals surface area (Å²) < 4.78 is 37.9. The first-order valence-corrected chi connectivity index (χ1v) is 9.49. The zero-order chi connectivity index (χ0) is 21.2. The number of aromatic nitrogens is 2. The summed E-state index contributed by atoms with van der Waals surface area (Å²) >= 11 is 0. The lowest BCUT2D eigenvalue weighted by Crippen LogP contribution is -2.42. The molecule has 0 unspecified atom stereocenters. The third-order valence-corrected chi connectivity index (χ3v) is 4.08. The number of alkyl halides is 3. The van der Waals surface area contributed by atoms with Crippen LogP contribution in [0.15, 0.2) is 17.3 Å². The number of halogens is 4. The van der Waals surface area contributed by atoms with Crippen molar-refractivity contribution in [3.05, 3.63) is 18.0 Å². The molecule has 1 aromatic heterocycles. The van der Waals surface area contributed by atoms with E-state index in [9.17, 15) is 13.2 Å². The molecule has 1 rings (SSSR count). The Hall–Kier alpha value is -1.37. The van der Waals surface area contributed by atoms with Gasteiger partial charge in [-0.1, -0.05) is 0 Å². The van der Waals surface area contributed by atoms with Crippen LogP contribution in [0.1, 0.15) is 39.8 Å². The lowest BCUT2D eigenvalue weighted by atomic mass is 10.2. The summed E-state index contributed by atoms with van der Waals surface area (Å²) in [6.45, 7) is 11.3. The molecule has 0 radical (unpaired) electrons. The number of hydrogen-bond donors (Lipinski definition) is 3. The Morgan fingerprint density at radius 1 is 1.10 bits per heavy atom. The monoisotopic (exact) mass is 531 g/mol. The van der Waals surface area contributed by atoms with Gasteiger partial charge in [0, 0.05) is 51.5 Å². The van der Waals surface area contributed by atoms with Crippen molar-refractivity contribution in [3.63, 3.8) is 0 Å². The van der Waals surface area contributed by atoms with E-state index in [2.05, 4.69) is 63.5 Å². The molecule has 0 saturated carbocycles. The summed E-state index contributed by atoms with van der Waals surface area (Å²) in [5.74, 6) is 0.592. The highest BCUT2D eigenvalue weighted by Gasteiger charge is 2.32. The van der Waals surface area contributed by atoms with Crippen molar-refractivity contribution in [1.82, 2.24) is 25.5 Å². The van der Waals surface area contributed by atoms with Gasteiger partial charge in [-0.3, -0.25) is 9.89 Å². The van der Waals surface area contributed by atoms with Gasteiger partial charge in [0.05, 0.1) is 0 Å². The van der Waals surface area contributed by atoms with Crippen molar-refractivity contribution in [1.29, 1.82) is 0 Å². The van der Waals surface area contributed by atoms with Gasteiger partial charge < -0.3 is 16.0 Å². The summed E-state index contributed by atoms with van der Waals surface area (Å²) in [6, 6.07) is 1.85. The number of guanidine groups is 1. The molecule has 0 aromatic carbocycles. The molecule has 0 aliphatic heterocycles. The van der Waals surface area contributed by atoms with Crippen LogP contribution in [0.4, 0.5) is 19.1 Å². The maximum Gasteiger partial charge on any atom is 0.433 e. The van der Waals surface area contributed by atoms with E-state index >= 15 is 0 Å². The highest BCUT2D eigenvalue weighted by molar-refractivity contribution is 14.0. The van der Waals surface area contributed by atoms with Gasteiger partial charge in [0.1, 0.15) is 5.69 Å². The SMILES string of the molecule is CN=C(NCCCN(C(C)C)C(C)C)NCCNc1nccc(C(F)(F)F)n1.I. The van der Waals surface area contributed by atoms with Crippen molar-refractivity contribution < 1.29 is 13.2 Å². The van der Waals surface area contributed by atoms with Crippen molar-refractivity contribution in [3.8, 4) is 0 Å². The number of nitrogens with one attached hydrogen (secondary N) is 3. The Kier molecular flexibility index (Phi) is 13.1. The van der Waals surface area contributed by atoms with Crippen LogP contribution in [-0.4, -0.2) is 66.1 Å². The van der Waals surface area contributed by atoms with Crippen LogP contribution < -0.4 is 16.0 Å². The first-order chi connectivity index (χ1) is 13.1. The van der Waals surface area contributed by atoms with Crippen LogP contribution in [0.3, 0.4) is 0 Å². The second kappa shape index (κ2) is 13.8. The summed E-state index contributed by atoms with van der Waals surface area (Å²) in [6.07, 6.45) is -2.42. The highest BCUT2D eigenvalue weighted by Crippen LogP contribution is 2.27. The van der Waals surface area contributed by atoms with E-state index in [0.29, 0.717) is 31.1 Å². The fourth-order valence-corrected chi connectivity index (χ4v) is 2.76. The quantitative estimate of drug-likeness (QED) is 0.186. The molecule has 0 amide bonds. The van der Waals surface area contributed by atoms with Gasteiger partial charge in [-0.15, -0.1) is 24.0 Å². The van der Waals surface area contributed by atoms with Gasteiger partial charge in [0.15, 0.2) is 5.96 Å². The van der Waals surface area contributed by atoms with Gasteiger partial charge in [0.2, 0.25) is 5.95 Å². The topological polar surface area (TPSA) is 77.5 Å². The predicted octanol–water partition coefficient (Wildman–Crippen LogP) is 3.20. The van der Waals surface area contributed by atoms with Crippen LogP contribution >= 0.6 is 24.0 Å². The Bertz CT molecular complexity index is 601. The van der Waals surface area contributed by atoms with Gasteiger partial charge in [-0.25, -0.2) is 9.97 Å². The standard InChI is InChI=1S/C18H32F3N7.HI/c1-13(2)28(14(3)4)12-6-8-23-16(22-5)25-10-11-26-17-24-9-7-15(27-17)18(19,20)21;/h7,9,13-14H,6,8,10-12H2,1-5H3,(H2,22,23,25)(H,24,26,27);1H. The second-order valence-electron chi connectivity index (χ2n) is 6.89. The van der Waals surface area contributed by atoms with Crippen molar-refractivity contribution in [2.24, 2.45) is 4.99 Å². The third-order valence-electron chi connectivity index (χ3n) is 4.08. The molecule has 0 saturated heterocycles. The number of hydrogen-bond acceptors (Lipinski definition) is 5. The van der Waals surface area contributed by atoms with Crippen LogP contribution in [0.2, 0.25) is 0 Å². The van der Waals surface area contributed by atoms with Crippen LogP contribution in [0.5, 0.6) is 0 Å². The second-order valence-corrected chi connectivity index (χ2v) is 6.89. The molecule has 0 aliphatic carbocycles. The third kappa shape index (κ3) is 10.8. The van der Waals surface area contributed by atoms with Crippen molar-refractivity contribution in [2.45, 2.75) is 52.4 Å². The molecule has 1 heterocycles. The van der Waals surface area contributed by atoms with E-state index in [-0.39, 0.29) is 29.9 Å². The Morgan fingerprint density at radius 3 is 2.28 bits per heavy atom. The van der Waals surface area contributed by atoms with E-state index in [1.807, 2.05) is 0 Å². The van der Waals surface area contributed by atoms with E-state index < -0.39 is 11.9 Å². The molecular formula is C18H33F3IN7. The Labute approximate surface area is 188 Å². The summed E-state index contributed by atoms with van der Waals surface area (Å²) in [5, 5.41) is 9.11. The maximum atomic E-state index is 12.6. The van der Waals surface area contributed by atoms with Gasteiger partial charge >= 0.3 is 6.18 Å². The molecular weight excluding hydrogens is 498 g/mol. The smallest absolute Gasteiger partial charge is 0.356 e. The summed E-state index contributed by atoms with van der Waals surface area (Å²) in [4.78, 5) is 13.8. The molecule has 168 valence electrons. The Morgan fingerprint density at radius 2 is 1.72 bits per heavy atom. The molecule has 1 aromatic rings. The molecule has 0 atom stereocenters. The average molecular weight is 531 g/mol. The van der Waals surface area contributed by atoms with Gasteiger partial charge in [0.25, 0.3) is 0 Å². The lowest BCUT2D eigenvalue weighted by molar-refractivity contribution is -0.141. The minimum absolute atomic E-state index is 0. The van der Waals surface area contributed by atoms with Crippen LogP contribution in [-0.2, 0) is 6.18 Å². The fraction of sp³-hybridized carbons (Fsp3) is 0.722. The number of rotatable bonds is 10. The van der Waals surface area contributed by atoms with E-state index in [0.717, 1.165) is 31.8 Å². The fourth-order valence-electron chi connectivity index (χ4n) is 2.76. The van der Waals surface area contributed by atoms with Gasteiger partial charge in [-0.2, -0.15) is 13.2 Å². The first kappa shape index (κ1) is 27.6. The molecule has 29 heavy (non-hydrogen) atoms. The minimum atomic E-state index is -4.48. The predicted molar refractivity (Wildman–Crippen MR) is 122 cm³/mol. The molecule has 7 nitrogen and oxygen atoms in total. The average Bonchev–Trinajstić information content (AvgIpc) is 2.62. The lowest BCUT2D eigenvalue weighted by Gasteiger charge is -2.30. The van der Waals surface area contributed by atoms with Crippen molar-refractivity contribution >= 4 is 35.9 Å². The largest absolute Gasteiger partial charge is 0.433 e. The van der Waals surface area contributed by atoms with E-state index in [4.69, 9.17) is 0 Å². The molecule has 3 N–H and O–H groups in total. The zero-order valence-corrected chi connectivity index (χ0v) is 20.0. The molecule has 11 heteroatoms. The zero-order valence-electron chi connectivity index (χ0n) is 17.7. The molecule has 0 spiro atoms. The maximum absolute atomic E-state index is 12.6. The number of nitrogens with zero attached hydrogens (tertiary/aromatic N) is 4. The van der Waals surface area contributed by atoms with Crippen LogP contribution in [0, 0.1) is 0 Å². The highest BCUT2D eigenvalue weighted by atomic mass is 127. The van der Waals surface area contributed by atoms with E-state index in [1.54, 1.807) is 7.05 Å². The van der Waals surface area contributed by atoms with Gasteiger partial charge in [-0.05, 0) is 40.2 Å². The van der Waals surface area contributed by atoms with Crippen LogP contribution in [0.25, 0.3) is 0 Å². The molecule has 0 fully saturated rings. The normalized spacial score (nSPS) is 12.3. The molecule has 0 aliphatic rings. The van der Waals surface area contributed by atoms with E-state index in [1.165, 1.54) is 0 Å². The Balaban J connectivity index is 0.00000784.